The van der Waals surface area contributed by atoms with Crippen molar-refractivity contribution in [3.05, 3.63) is 47.3 Å². The maximum absolute atomic E-state index is 13.1. The number of aliphatic hydroxyl groups is 1. The van der Waals surface area contributed by atoms with E-state index in [4.69, 9.17) is 0 Å². The van der Waals surface area contributed by atoms with E-state index in [9.17, 15) is 13.9 Å². The molecule has 0 spiro atoms. The van der Waals surface area contributed by atoms with Crippen LogP contribution in [0.4, 0.5) is 14.5 Å². The third-order valence-electron chi connectivity index (χ3n) is 5.11. The number of hydrogen-bond acceptors (Lipinski definition) is 3. The highest BCUT2D eigenvalue weighted by atomic mass is 19.3. The number of aromatic nitrogens is 2. The van der Waals surface area contributed by atoms with Crippen LogP contribution in [0.25, 0.3) is 0 Å². The predicted molar refractivity (Wildman–Crippen MR) is 86.8 cm³/mol. The second-order valence-electron chi connectivity index (χ2n) is 6.92. The molecule has 0 amide bonds. The molecule has 1 heterocycles. The molecule has 4 rings (SSSR count). The van der Waals surface area contributed by atoms with Crippen LogP contribution in [-0.2, 0) is 7.05 Å². The second-order valence-corrected chi connectivity index (χ2v) is 6.92. The number of nitrogens with one attached hydrogen (secondary N) is 1. The third-order valence-corrected chi connectivity index (χ3v) is 5.11. The number of halogens is 2. The van der Waals surface area contributed by atoms with E-state index in [2.05, 4.69) is 16.5 Å². The normalized spacial score (nSPS) is 24.2. The van der Waals surface area contributed by atoms with Crippen molar-refractivity contribution in [1.29, 1.82) is 0 Å². The molecular formula is C18H21F2N3O. The number of benzene rings is 1. The molecule has 2 aliphatic rings. The van der Waals surface area contributed by atoms with Crippen LogP contribution in [0, 0.1) is 11.8 Å². The zero-order chi connectivity index (χ0) is 16.8. The van der Waals surface area contributed by atoms with Crippen molar-refractivity contribution in [3.63, 3.8) is 0 Å². The largest absolute Gasteiger partial charge is 0.369 e. The van der Waals surface area contributed by atoms with Gasteiger partial charge in [-0.25, -0.2) is 8.78 Å². The number of anilines is 1. The van der Waals surface area contributed by atoms with Gasteiger partial charge in [0.15, 0.2) is 6.23 Å². The van der Waals surface area contributed by atoms with Gasteiger partial charge in [-0.05, 0) is 48.6 Å². The summed E-state index contributed by atoms with van der Waals surface area (Å²) in [6.45, 7) is 0. The standard InChI is InChI=1S/C18H21F2N3O/c1-23-9-14(16(22-23)17(19)20)18(24)21-15-5-3-2-4-11(15)13-8-12(13)10-6-7-10/h2-5,9-10,12-13,17-18,21,24H,6-8H2,1H3/t12-,13+,18?/m1/s1. The summed E-state index contributed by atoms with van der Waals surface area (Å²) in [5, 5.41) is 17.2. The fourth-order valence-electron chi connectivity index (χ4n) is 3.70. The average molecular weight is 333 g/mol. The predicted octanol–water partition coefficient (Wildman–Crippen LogP) is 3.97. The summed E-state index contributed by atoms with van der Waals surface area (Å²) in [5.41, 5.74) is 1.74. The van der Waals surface area contributed by atoms with Crippen molar-refractivity contribution < 1.29 is 13.9 Å². The molecular weight excluding hydrogens is 312 g/mol. The van der Waals surface area contributed by atoms with Crippen molar-refractivity contribution in [2.75, 3.05) is 5.32 Å². The minimum absolute atomic E-state index is 0.122. The third kappa shape index (κ3) is 2.90. The van der Waals surface area contributed by atoms with E-state index in [0.29, 0.717) is 5.92 Å². The summed E-state index contributed by atoms with van der Waals surface area (Å²) in [6, 6.07) is 7.85. The minimum Gasteiger partial charge on any atom is -0.369 e. The smallest absolute Gasteiger partial charge is 0.282 e. The Labute approximate surface area is 139 Å². The van der Waals surface area contributed by atoms with Crippen LogP contribution in [-0.4, -0.2) is 14.9 Å². The fourth-order valence-corrected chi connectivity index (χ4v) is 3.70. The van der Waals surface area contributed by atoms with Gasteiger partial charge in [0, 0.05) is 24.5 Å². The van der Waals surface area contributed by atoms with Gasteiger partial charge in [-0.2, -0.15) is 5.10 Å². The second kappa shape index (κ2) is 5.84. The average Bonchev–Trinajstić information content (AvgIpc) is 3.44. The fraction of sp³-hybridized carbons (Fsp3) is 0.500. The number of para-hydroxylation sites is 1. The van der Waals surface area contributed by atoms with E-state index in [0.717, 1.165) is 17.5 Å². The van der Waals surface area contributed by atoms with E-state index in [-0.39, 0.29) is 11.3 Å². The van der Waals surface area contributed by atoms with Gasteiger partial charge in [-0.1, -0.05) is 18.2 Å². The Hall–Kier alpha value is -1.95. The SMILES string of the molecule is Cn1cc(C(O)Nc2ccccc2[C@@H]2C[C@@H]2C2CC2)c(C(F)F)n1. The number of aryl methyl sites for hydroxylation is 1. The maximum atomic E-state index is 13.1. The van der Waals surface area contributed by atoms with Crippen LogP contribution in [0.1, 0.15) is 54.7 Å². The Morgan fingerprint density at radius 2 is 2.04 bits per heavy atom. The monoisotopic (exact) mass is 333 g/mol. The van der Waals surface area contributed by atoms with Crippen LogP contribution in [0.5, 0.6) is 0 Å². The molecule has 6 heteroatoms. The first-order valence-corrected chi connectivity index (χ1v) is 8.39. The summed E-state index contributed by atoms with van der Waals surface area (Å²) in [5.74, 6) is 2.13. The highest BCUT2D eigenvalue weighted by molar-refractivity contribution is 5.55. The molecule has 2 saturated carbocycles. The highest BCUT2D eigenvalue weighted by Gasteiger charge is 2.48. The molecule has 128 valence electrons. The van der Waals surface area contributed by atoms with E-state index in [1.165, 1.54) is 35.7 Å². The van der Waals surface area contributed by atoms with Crippen LogP contribution >= 0.6 is 0 Å². The number of aliphatic hydroxyl groups excluding tert-OH is 1. The lowest BCUT2D eigenvalue weighted by Crippen LogP contribution is -2.12. The first kappa shape index (κ1) is 15.6. The number of alkyl halides is 2. The topological polar surface area (TPSA) is 50.1 Å². The van der Waals surface area contributed by atoms with Crippen LogP contribution in [0.3, 0.4) is 0 Å². The van der Waals surface area contributed by atoms with Crippen molar-refractivity contribution >= 4 is 5.69 Å². The van der Waals surface area contributed by atoms with Crippen LogP contribution in [0.2, 0.25) is 0 Å². The van der Waals surface area contributed by atoms with Gasteiger partial charge in [0.1, 0.15) is 5.69 Å². The van der Waals surface area contributed by atoms with E-state index in [1.807, 2.05) is 18.2 Å². The quantitative estimate of drug-likeness (QED) is 0.786. The Kier molecular flexibility index (Phi) is 3.79. The summed E-state index contributed by atoms with van der Waals surface area (Å²) < 4.78 is 27.5. The van der Waals surface area contributed by atoms with Crippen molar-refractivity contribution in [3.8, 4) is 0 Å². The summed E-state index contributed by atoms with van der Waals surface area (Å²) in [7, 11) is 1.57. The van der Waals surface area contributed by atoms with Crippen LogP contribution < -0.4 is 5.32 Å². The van der Waals surface area contributed by atoms with Crippen molar-refractivity contribution in [2.45, 2.75) is 37.8 Å². The molecule has 1 aromatic heterocycles. The molecule has 0 aliphatic heterocycles. The molecule has 1 unspecified atom stereocenters. The Bertz CT molecular complexity index is 742. The van der Waals surface area contributed by atoms with E-state index in [1.54, 1.807) is 7.05 Å². The van der Waals surface area contributed by atoms with Gasteiger partial charge in [-0.15, -0.1) is 0 Å². The van der Waals surface area contributed by atoms with Gasteiger partial charge in [0.25, 0.3) is 6.43 Å². The Morgan fingerprint density at radius 3 is 2.75 bits per heavy atom. The van der Waals surface area contributed by atoms with E-state index >= 15 is 0 Å². The molecule has 0 bridgehead atoms. The lowest BCUT2D eigenvalue weighted by atomic mass is 10.0. The zero-order valence-corrected chi connectivity index (χ0v) is 13.5. The molecule has 0 radical (unpaired) electrons. The number of nitrogens with zero attached hydrogens (tertiary/aromatic N) is 2. The lowest BCUT2D eigenvalue weighted by molar-refractivity contribution is 0.136. The lowest BCUT2D eigenvalue weighted by Gasteiger charge is -2.17. The molecule has 4 nitrogen and oxygen atoms in total. The highest BCUT2D eigenvalue weighted by Crippen LogP contribution is 2.60. The van der Waals surface area contributed by atoms with Crippen molar-refractivity contribution in [2.24, 2.45) is 18.9 Å². The summed E-state index contributed by atoms with van der Waals surface area (Å²) in [6.07, 6.45) is 1.36. The molecule has 2 aromatic rings. The number of rotatable bonds is 6. The summed E-state index contributed by atoms with van der Waals surface area (Å²) >= 11 is 0. The van der Waals surface area contributed by atoms with Crippen LogP contribution in [0.15, 0.2) is 30.5 Å². The minimum atomic E-state index is -2.71. The molecule has 0 saturated heterocycles. The summed E-state index contributed by atoms with van der Waals surface area (Å²) in [4.78, 5) is 0. The molecule has 1 aromatic carbocycles. The Balaban J connectivity index is 1.55. The Morgan fingerprint density at radius 1 is 1.29 bits per heavy atom. The van der Waals surface area contributed by atoms with Gasteiger partial charge < -0.3 is 10.4 Å². The van der Waals surface area contributed by atoms with Gasteiger partial charge in [0.05, 0.1) is 0 Å². The number of hydrogen-bond donors (Lipinski definition) is 2. The molecule has 2 aliphatic carbocycles. The van der Waals surface area contributed by atoms with Gasteiger partial charge >= 0.3 is 0 Å². The zero-order valence-electron chi connectivity index (χ0n) is 13.5. The van der Waals surface area contributed by atoms with Gasteiger partial charge in [0.2, 0.25) is 0 Å². The van der Waals surface area contributed by atoms with Crippen molar-refractivity contribution in [1.82, 2.24) is 9.78 Å². The molecule has 2 N–H and O–H groups in total. The van der Waals surface area contributed by atoms with Gasteiger partial charge in [-0.3, -0.25) is 4.68 Å². The van der Waals surface area contributed by atoms with E-state index < -0.39 is 12.7 Å². The maximum Gasteiger partial charge on any atom is 0.282 e. The first-order chi connectivity index (χ1) is 11.5. The molecule has 3 atom stereocenters. The molecule has 2 fully saturated rings. The first-order valence-electron chi connectivity index (χ1n) is 8.39. The molecule has 24 heavy (non-hydrogen) atoms.